The predicted molar refractivity (Wildman–Crippen MR) is 81.4 cm³/mol. The molecule has 1 heterocycles. The summed E-state index contributed by atoms with van der Waals surface area (Å²) in [6, 6.07) is 3.07. The van der Waals surface area contributed by atoms with E-state index in [1.54, 1.807) is 24.8 Å². The lowest BCUT2D eigenvalue weighted by Gasteiger charge is -2.21. The van der Waals surface area contributed by atoms with Gasteiger partial charge < -0.3 is 5.32 Å². The van der Waals surface area contributed by atoms with E-state index in [0.29, 0.717) is 0 Å². The van der Waals surface area contributed by atoms with Crippen molar-refractivity contribution < 1.29 is 0 Å². The van der Waals surface area contributed by atoms with Crippen LogP contribution in [-0.2, 0) is 6.42 Å². The maximum Gasteiger partial charge on any atom is 0.0142 e. The van der Waals surface area contributed by atoms with Crippen molar-refractivity contribution in [1.82, 2.24) is 5.32 Å². The molecule has 19 heavy (non-hydrogen) atoms. The van der Waals surface area contributed by atoms with E-state index in [9.17, 15) is 0 Å². The van der Waals surface area contributed by atoms with Gasteiger partial charge in [0.1, 0.15) is 0 Å². The highest BCUT2D eigenvalue weighted by Gasteiger charge is 2.66. The second kappa shape index (κ2) is 4.89. The first-order valence-corrected chi connectivity index (χ1v) is 9.07. The largest absolute Gasteiger partial charge is 0.313 e. The fraction of sp³-hybridized carbons (Fsp3) is 0.765. The highest BCUT2D eigenvalue weighted by Crippen LogP contribution is 2.70. The van der Waals surface area contributed by atoms with E-state index >= 15 is 0 Å². The van der Waals surface area contributed by atoms with E-state index in [0.717, 1.165) is 35.6 Å². The zero-order valence-corrected chi connectivity index (χ0v) is 12.7. The van der Waals surface area contributed by atoms with Gasteiger partial charge in [0.25, 0.3) is 0 Å². The summed E-state index contributed by atoms with van der Waals surface area (Å²) in [6.07, 6.45) is 7.18. The minimum atomic E-state index is 0.757. The molecule has 3 fully saturated rings. The van der Waals surface area contributed by atoms with E-state index < -0.39 is 0 Å². The average Bonchev–Trinajstić information content (AvgIpc) is 2.83. The van der Waals surface area contributed by atoms with Gasteiger partial charge in [-0.05, 0) is 90.6 Å². The molecule has 0 spiro atoms. The Morgan fingerprint density at radius 2 is 2.11 bits per heavy atom. The molecule has 0 aromatic carbocycles. The first-order valence-electron chi connectivity index (χ1n) is 8.13. The summed E-state index contributed by atoms with van der Waals surface area (Å²) in [4.78, 5) is 0. The van der Waals surface area contributed by atoms with Crippen LogP contribution >= 0.6 is 11.3 Å². The van der Waals surface area contributed by atoms with Crippen molar-refractivity contribution in [2.24, 2.45) is 29.6 Å². The fourth-order valence-electron chi connectivity index (χ4n) is 5.27. The molecule has 5 unspecified atom stereocenters. The van der Waals surface area contributed by atoms with Crippen LogP contribution in [0.1, 0.15) is 38.2 Å². The maximum atomic E-state index is 3.87. The smallest absolute Gasteiger partial charge is 0.0142 e. The molecule has 3 aliphatic rings. The van der Waals surface area contributed by atoms with Gasteiger partial charge >= 0.3 is 0 Å². The Kier molecular flexibility index (Phi) is 3.19. The third-order valence-corrected chi connectivity index (χ3v) is 6.68. The number of rotatable bonds is 6. The van der Waals surface area contributed by atoms with E-state index in [1.807, 2.05) is 11.3 Å². The Labute approximate surface area is 120 Å². The van der Waals surface area contributed by atoms with Crippen LogP contribution in [0.5, 0.6) is 0 Å². The molecule has 0 amide bonds. The summed E-state index contributed by atoms with van der Waals surface area (Å²) in [5.74, 6) is 5.43. The molecule has 4 rings (SSSR count). The van der Waals surface area contributed by atoms with Crippen LogP contribution in [0.15, 0.2) is 16.8 Å². The average molecular weight is 275 g/mol. The standard InChI is InChI=1S/C17H25NS/c1-2-6-18-14(8-11-5-7-19-10-11)17-15-12-3-4-13(9-12)16(15)17/h5,7,10,12-18H,2-4,6,8-9H2,1H3. The van der Waals surface area contributed by atoms with E-state index in [2.05, 4.69) is 29.1 Å². The fourth-order valence-corrected chi connectivity index (χ4v) is 5.95. The van der Waals surface area contributed by atoms with Crippen LogP contribution in [0.3, 0.4) is 0 Å². The van der Waals surface area contributed by atoms with Gasteiger partial charge in [-0.2, -0.15) is 11.3 Å². The highest BCUT2D eigenvalue weighted by molar-refractivity contribution is 7.07. The molecular weight excluding hydrogens is 250 g/mol. The van der Waals surface area contributed by atoms with Gasteiger partial charge in [0, 0.05) is 6.04 Å². The minimum Gasteiger partial charge on any atom is -0.313 e. The first kappa shape index (κ1) is 12.4. The van der Waals surface area contributed by atoms with Gasteiger partial charge in [-0.1, -0.05) is 6.92 Å². The number of thiophene rings is 1. The summed E-state index contributed by atoms with van der Waals surface area (Å²) in [7, 11) is 0. The van der Waals surface area contributed by atoms with Crippen LogP contribution < -0.4 is 5.32 Å². The summed E-state index contributed by atoms with van der Waals surface area (Å²) >= 11 is 1.84. The molecule has 104 valence electrons. The monoisotopic (exact) mass is 275 g/mol. The molecule has 3 aliphatic carbocycles. The first-order chi connectivity index (χ1) is 9.38. The van der Waals surface area contributed by atoms with Gasteiger partial charge in [-0.3, -0.25) is 0 Å². The van der Waals surface area contributed by atoms with Crippen molar-refractivity contribution in [3.05, 3.63) is 22.4 Å². The molecule has 5 atom stereocenters. The maximum absolute atomic E-state index is 3.87. The van der Waals surface area contributed by atoms with Crippen molar-refractivity contribution in [3.8, 4) is 0 Å². The highest BCUT2D eigenvalue weighted by atomic mass is 32.1. The van der Waals surface area contributed by atoms with Gasteiger partial charge in [-0.15, -0.1) is 0 Å². The lowest BCUT2D eigenvalue weighted by atomic mass is 9.94. The van der Waals surface area contributed by atoms with Crippen LogP contribution in [0.25, 0.3) is 0 Å². The number of fused-ring (bicyclic) bond motifs is 5. The van der Waals surface area contributed by atoms with Crippen molar-refractivity contribution in [2.75, 3.05) is 6.54 Å². The van der Waals surface area contributed by atoms with Crippen LogP contribution in [0, 0.1) is 29.6 Å². The lowest BCUT2D eigenvalue weighted by Crippen LogP contribution is -2.35. The summed E-state index contributed by atoms with van der Waals surface area (Å²) in [5.41, 5.74) is 1.55. The molecule has 0 aliphatic heterocycles. The molecule has 2 bridgehead atoms. The summed E-state index contributed by atoms with van der Waals surface area (Å²) < 4.78 is 0. The zero-order chi connectivity index (χ0) is 12.8. The molecule has 1 nitrogen and oxygen atoms in total. The van der Waals surface area contributed by atoms with Gasteiger partial charge in [-0.25, -0.2) is 0 Å². The number of nitrogens with one attached hydrogen (secondary N) is 1. The van der Waals surface area contributed by atoms with E-state index in [-0.39, 0.29) is 0 Å². The normalized spacial score (nSPS) is 40.4. The van der Waals surface area contributed by atoms with Crippen LogP contribution in [0.4, 0.5) is 0 Å². The predicted octanol–water partition coefficient (Wildman–Crippen LogP) is 3.95. The molecule has 2 heteroatoms. The van der Waals surface area contributed by atoms with Crippen LogP contribution in [-0.4, -0.2) is 12.6 Å². The third kappa shape index (κ3) is 2.08. The summed E-state index contributed by atoms with van der Waals surface area (Å²) in [6.45, 7) is 3.48. The Morgan fingerprint density at radius 3 is 2.74 bits per heavy atom. The van der Waals surface area contributed by atoms with E-state index in [1.165, 1.54) is 19.4 Å². The van der Waals surface area contributed by atoms with Gasteiger partial charge in [0.05, 0.1) is 0 Å². The second-order valence-corrected chi connectivity index (χ2v) is 7.74. The third-order valence-electron chi connectivity index (χ3n) is 5.95. The molecule has 1 aromatic heterocycles. The SMILES string of the molecule is CCCNC(Cc1ccsc1)C1C2C3CCC(C3)C21. The quantitative estimate of drug-likeness (QED) is 0.829. The number of hydrogen-bond donors (Lipinski definition) is 1. The molecule has 3 saturated carbocycles. The molecule has 1 aromatic rings. The Hall–Kier alpha value is -0.340. The van der Waals surface area contributed by atoms with E-state index in [4.69, 9.17) is 0 Å². The lowest BCUT2D eigenvalue weighted by molar-refractivity contribution is 0.361. The van der Waals surface area contributed by atoms with Crippen molar-refractivity contribution >= 4 is 11.3 Å². The number of hydrogen-bond acceptors (Lipinski definition) is 2. The second-order valence-electron chi connectivity index (χ2n) is 6.96. The van der Waals surface area contributed by atoms with Gasteiger partial charge in [0.15, 0.2) is 0 Å². The topological polar surface area (TPSA) is 12.0 Å². The summed E-state index contributed by atoms with van der Waals surface area (Å²) in [5, 5.41) is 8.44. The van der Waals surface area contributed by atoms with Crippen molar-refractivity contribution in [3.63, 3.8) is 0 Å². The molecule has 0 radical (unpaired) electrons. The molecule has 0 saturated heterocycles. The Balaban J connectivity index is 1.45. The van der Waals surface area contributed by atoms with Crippen LogP contribution in [0.2, 0.25) is 0 Å². The zero-order valence-electron chi connectivity index (χ0n) is 11.8. The Bertz CT molecular complexity index is 410. The molecular formula is C17H25NS. The molecule has 1 N–H and O–H groups in total. The Morgan fingerprint density at radius 1 is 1.32 bits per heavy atom. The minimum absolute atomic E-state index is 0.757. The van der Waals surface area contributed by atoms with Crippen molar-refractivity contribution in [1.29, 1.82) is 0 Å². The van der Waals surface area contributed by atoms with Crippen molar-refractivity contribution in [2.45, 2.75) is 45.1 Å². The van der Waals surface area contributed by atoms with Gasteiger partial charge in [0.2, 0.25) is 0 Å².